The van der Waals surface area contributed by atoms with Crippen LogP contribution in [-0.4, -0.2) is 23.7 Å². The Hall–Kier alpha value is -1.04. The van der Waals surface area contributed by atoms with Crippen molar-refractivity contribution in [3.63, 3.8) is 0 Å². The Morgan fingerprint density at radius 1 is 1.24 bits per heavy atom. The van der Waals surface area contributed by atoms with Crippen molar-refractivity contribution >= 4 is 29.6 Å². The molecule has 4 nitrogen and oxygen atoms in total. The van der Waals surface area contributed by atoms with Crippen molar-refractivity contribution in [3.8, 4) is 0 Å². The molecule has 0 spiro atoms. The number of ether oxygens (including phenoxy) is 1. The predicted octanol–water partition coefficient (Wildman–Crippen LogP) is 3.17. The van der Waals surface area contributed by atoms with Crippen LogP contribution in [0.5, 0.6) is 0 Å². The average molecular weight is 311 g/mol. The fraction of sp³-hybridized carbons (Fsp3) is 0.533. The third-order valence-electron chi connectivity index (χ3n) is 4.19. The summed E-state index contributed by atoms with van der Waals surface area (Å²) in [6, 6.07) is 5.77. The SMILES string of the molecule is Cc1cc(COC(=O)Cl)ccc1B1OC(C)(C)C(C)(C)O1. The van der Waals surface area contributed by atoms with Gasteiger partial charge in [0, 0.05) is 11.6 Å². The van der Waals surface area contributed by atoms with Gasteiger partial charge in [0.15, 0.2) is 0 Å². The van der Waals surface area contributed by atoms with Gasteiger partial charge in [-0.3, -0.25) is 0 Å². The highest BCUT2D eigenvalue weighted by Crippen LogP contribution is 2.36. The highest BCUT2D eigenvalue weighted by molar-refractivity contribution is 6.62. The Morgan fingerprint density at radius 2 is 1.81 bits per heavy atom. The van der Waals surface area contributed by atoms with Crippen molar-refractivity contribution in [1.29, 1.82) is 0 Å². The van der Waals surface area contributed by atoms with Crippen LogP contribution in [0.3, 0.4) is 0 Å². The molecule has 0 N–H and O–H groups in total. The highest BCUT2D eigenvalue weighted by atomic mass is 35.5. The number of rotatable bonds is 3. The Labute approximate surface area is 130 Å². The lowest BCUT2D eigenvalue weighted by Gasteiger charge is -2.32. The molecule has 1 aromatic rings. The van der Waals surface area contributed by atoms with E-state index in [9.17, 15) is 4.79 Å². The number of hydrogen-bond acceptors (Lipinski definition) is 4. The molecule has 1 aliphatic rings. The molecular weight excluding hydrogens is 290 g/mol. The molecule has 0 saturated carbocycles. The topological polar surface area (TPSA) is 44.8 Å². The first-order chi connectivity index (χ1) is 9.62. The summed E-state index contributed by atoms with van der Waals surface area (Å²) >= 11 is 5.16. The first kappa shape index (κ1) is 16.3. The van der Waals surface area contributed by atoms with Crippen molar-refractivity contribution in [2.75, 3.05) is 0 Å². The monoisotopic (exact) mass is 310 g/mol. The number of carbonyl (C=O) groups is 1. The van der Waals surface area contributed by atoms with E-state index in [1.807, 2.05) is 52.8 Å². The van der Waals surface area contributed by atoms with Crippen LogP contribution in [0, 0.1) is 6.92 Å². The van der Waals surface area contributed by atoms with Gasteiger partial charge in [-0.25, -0.2) is 4.79 Å². The molecule has 1 aromatic carbocycles. The van der Waals surface area contributed by atoms with E-state index in [0.29, 0.717) is 0 Å². The first-order valence-electron chi connectivity index (χ1n) is 6.90. The second-order valence-electron chi connectivity index (χ2n) is 6.31. The van der Waals surface area contributed by atoms with Gasteiger partial charge in [-0.15, -0.1) is 0 Å². The van der Waals surface area contributed by atoms with Crippen molar-refractivity contribution in [3.05, 3.63) is 29.3 Å². The second kappa shape index (κ2) is 5.63. The van der Waals surface area contributed by atoms with Gasteiger partial charge in [0.2, 0.25) is 0 Å². The minimum atomic E-state index is -0.803. The largest absolute Gasteiger partial charge is 0.495 e. The van der Waals surface area contributed by atoms with E-state index in [0.717, 1.165) is 16.6 Å². The first-order valence-corrected chi connectivity index (χ1v) is 7.27. The number of carbonyl (C=O) groups excluding carboxylic acids is 1. The molecule has 21 heavy (non-hydrogen) atoms. The maximum absolute atomic E-state index is 10.6. The molecule has 0 bridgehead atoms. The maximum Gasteiger partial charge on any atom is 0.495 e. The van der Waals surface area contributed by atoms with E-state index < -0.39 is 5.43 Å². The normalized spacial score (nSPS) is 19.6. The molecule has 0 atom stereocenters. The molecule has 0 aromatic heterocycles. The molecule has 2 rings (SSSR count). The zero-order valence-electron chi connectivity index (χ0n) is 13.0. The fourth-order valence-electron chi connectivity index (χ4n) is 2.20. The van der Waals surface area contributed by atoms with Gasteiger partial charge in [-0.2, -0.15) is 0 Å². The summed E-state index contributed by atoms with van der Waals surface area (Å²) in [6.07, 6.45) is 0. The van der Waals surface area contributed by atoms with Gasteiger partial charge < -0.3 is 14.0 Å². The van der Waals surface area contributed by atoms with Crippen LogP contribution in [0.15, 0.2) is 18.2 Å². The van der Waals surface area contributed by atoms with Crippen LogP contribution < -0.4 is 5.46 Å². The molecule has 0 amide bonds. The smallest absolute Gasteiger partial charge is 0.449 e. The van der Waals surface area contributed by atoms with Crippen LogP contribution in [0.4, 0.5) is 4.79 Å². The Morgan fingerprint density at radius 3 is 2.29 bits per heavy atom. The van der Waals surface area contributed by atoms with Gasteiger partial charge in [-0.05, 0) is 45.6 Å². The molecule has 114 valence electrons. The lowest BCUT2D eigenvalue weighted by molar-refractivity contribution is 0.00578. The van der Waals surface area contributed by atoms with E-state index in [1.54, 1.807) is 0 Å². The fourth-order valence-corrected chi connectivity index (χ4v) is 2.26. The van der Waals surface area contributed by atoms with E-state index in [2.05, 4.69) is 0 Å². The van der Waals surface area contributed by atoms with Gasteiger partial charge in [0.25, 0.3) is 0 Å². The minimum absolute atomic E-state index is 0.160. The molecular formula is C15H20BClO4. The summed E-state index contributed by atoms with van der Waals surface area (Å²) in [7, 11) is -0.389. The van der Waals surface area contributed by atoms with Crippen molar-refractivity contribution in [2.24, 2.45) is 0 Å². The van der Waals surface area contributed by atoms with Crippen LogP contribution in [0.25, 0.3) is 0 Å². The number of aryl methyl sites for hydroxylation is 1. The summed E-state index contributed by atoms with van der Waals surface area (Å²) in [6.45, 7) is 10.2. The molecule has 1 heterocycles. The van der Waals surface area contributed by atoms with Gasteiger partial charge in [0.05, 0.1) is 11.2 Å². The third kappa shape index (κ3) is 3.42. The van der Waals surface area contributed by atoms with Crippen molar-refractivity contribution in [2.45, 2.75) is 52.4 Å². The number of halogens is 1. The lowest BCUT2D eigenvalue weighted by Crippen LogP contribution is -2.41. The summed E-state index contributed by atoms with van der Waals surface area (Å²) in [5.74, 6) is 0. The van der Waals surface area contributed by atoms with Crippen LogP contribution in [0.2, 0.25) is 0 Å². The summed E-state index contributed by atoms with van der Waals surface area (Å²) in [5, 5.41) is 0. The second-order valence-corrected chi connectivity index (χ2v) is 6.61. The summed E-state index contributed by atoms with van der Waals surface area (Å²) in [5.41, 5.74) is 1.35. The van der Waals surface area contributed by atoms with Gasteiger partial charge in [0.1, 0.15) is 6.61 Å². The van der Waals surface area contributed by atoms with Crippen molar-refractivity contribution < 1.29 is 18.8 Å². The Balaban J connectivity index is 2.17. The van der Waals surface area contributed by atoms with Gasteiger partial charge >= 0.3 is 12.5 Å². The summed E-state index contributed by atoms with van der Waals surface area (Å²) < 4.78 is 16.9. The lowest BCUT2D eigenvalue weighted by atomic mass is 9.76. The molecule has 6 heteroatoms. The molecule has 0 aliphatic carbocycles. The van der Waals surface area contributed by atoms with Crippen LogP contribution in [0.1, 0.15) is 38.8 Å². The third-order valence-corrected chi connectivity index (χ3v) is 4.30. The Kier molecular flexibility index (Phi) is 4.38. The number of benzene rings is 1. The van der Waals surface area contributed by atoms with E-state index >= 15 is 0 Å². The van der Waals surface area contributed by atoms with Crippen LogP contribution >= 0.6 is 11.6 Å². The Bertz CT molecular complexity index is 541. The predicted molar refractivity (Wildman–Crippen MR) is 82.9 cm³/mol. The van der Waals surface area contributed by atoms with E-state index in [1.165, 1.54) is 0 Å². The number of hydrogen-bond donors (Lipinski definition) is 0. The zero-order valence-corrected chi connectivity index (χ0v) is 13.8. The average Bonchev–Trinajstić information content (AvgIpc) is 2.55. The molecule has 1 fully saturated rings. The van der Waals surface area contributed by atoms with Crippen molar-refractivity contribution in [1.82, 2.24) is 0 Å². The highest BCUT2D eigenvalue weighted by Gasteiger charge is 2.51. The molecule has 0 unspecified atom stereocenters. The zero-order chi connectivity index (χ0) is 15.8. The standard InChI is InChI=1S/C15H20BClO4/c1-10-8-11(9-19-13(17)18)6-7-12(10)16-20-14(2,3)15(4,5)21-16/h6-8H,9H2,1-5H3. The molecule has 0 radical (unpaired) electrons. The van der Waals surface area contributed by atoms with E-state index in [-0.39, 0.29) is 24.9 Å². The van der Waals surface area contributed by atoms with Gasteiger partial charge in [-0.1, -0.05) is 23.8 Å². The maximum atomic E-state index is 10.6. The van der Waals surface area contributed by atoms with E-state index in [4.69, 9.17) is 25.6 Å². The molecule has 1 aliphatic heterocycles. The quantitative estimate of drug-likeness (QED) is 0.635. The minimum Gasteiger partial charge on any atom is -0.449 e. The van der Waals surface area contributed by atoms with Crippen LogP contribution in [-0.2, 0) is 20.7 Å². The molecule has 1 saturated heterocycles. The summed E-state index contributed by atoms with van der Waals surface area (Å²) in [4.78, 5) is 10.6.